The highest BCUT2D eigenvalue weighted by molar-refractivity contribution is 6.32. The molecule has 1 amide bonds. The van der Waals surface area contributed by atoms with Gasteiger partial charge in [-0.15, -0.1) is 0 Å². The molecule has 0 aromatic carbocycles. The quantitative estimate of drug-likeness (QED) is 0.797. The summed E-state index contributed by atoms with van der Waals surface area (Å²) in [5, 5.41) is 11.4. The Labute approximate surface area is 107 Å². The number of H-pyrrole nitrogens is 1. The standard InChI is InChI=1S/C11H9ClN2O4/c1-5-4-7(8(13-5)11(16)17)14-10(15)6-2-3-18-9(6)12/h2-4,13H,1H3,(H,14,15)(H,16,17). The molecular formula is C11H9ClN2O4. The smallest absolute Gasteiger partial charge is 0.354 e. The molecule has 2 heterocycles. The Morgan fingerprint density at radius 3 is 2.78 bits per heavy atom. The zero-order valence-electron chi connectivity index (χ0n) is 9.28. The molecule has 0 aliphatic heterocycles. The molecule has 0 aliphatic carbocycles. The number of carboxylic acids is 1. The number of aromatic carboxylic acids is 1. The number of carboxylic acid groups (broad SMARTS) is 1. The molecule has 94 valence electrons. The van der Waals surface area contributed by atoms with Gasteiger partial charge in [0.2, 0.25) is 5.22 Å². The lowest BCUT2D eigenvalue weighted by molar-refractivity contribution is 0.0692. The van der Waals surface area contributed by atoms with Crippen molar-refractivity contribution in [3.63, 3.8) is 0 Å². The lowest BCUT2D eigenvalue weighted by Gasteiger charge is -2.02. The molecule has 0 fully saturated rings. The van der Waals surface area contributed by atoms with Gasteiger partial charge < -0.3 is 19.8 Å². The minimum Gasteiger partial charge on any atom is -0.477 e. The first-order valence-corrected chi connectivity index (χ1v) is 5.34. The van der Waals surface area contributed by atoms with E-state index in [1.54, 1.807) is 6.92 Å². The zero-order valence-corrected chi connectivity index (χ0v) is 10.0. The van der Waals surface area contributed by atoms with Gasteiger partial charge in [-0.2, -0.15) is 0 Å². The monoisotopic (exact) mass is 268 g/mol. The van der Waals surface area contributed by atoms with Crippen LogP contribution in [0.2, 0.25) is 5.22 Å². The lowest BCUT2D eigenvalue weighted by atomic mass is 10.3. The highest BCUT2D eigenvalue weighted by Gasteiger charge is 2.18. The number of amides is 1. The molecule has 0 unspecified atom stereocenters. The van der Waals surface area contributed by atoms with Crippen LogP contribution in [0, 0.1) is 6.92 Å². The van der Waals surface area contributed by atoms with Crippen molar-refractivity contribution >= 4 is 29.2 Å². The van der Waals surface area contributed by atoms with E-state index in [2.05, 4.69) is 10.3 Å². The van der Waals surface area contributed by atoms with Crippen LogP contribution in [0.3, 0.4) is 0 Å². The number of hydrogen-bond acceptors (Lipinski definition) is 3. The van der Waals surface area contributed by atoms with Gasteiger partial charge >= 0.3 is 5.97 Å². The molecule has 0 saturated heterocycles. The molecule has 2 rings (SSSR count). The Kier molecular flexibility index (Phi) is 3.12. The van der Waals surface area contributed by atoms with E-state index >= 15 is 0 Å². The SMILES string of the molecule is Cc1cc(NC(=O)c2ccoc2Cl)c(C(=O)O)[nH]1. The second-order valence-electron chi connectivity index (χ2n) is 3.61. The first-order chi connectivity index (χ1) is 8.49. The second kappa shape index (κ2) is 4.58. The summed E-state index contributed by atoms with van der Waals surface area (Å²) < 4.78 is 4.79. The number of hydrogen-bond donors (Lipinski definition) is 3. The number of nitrogens with one attached hydrogen (secondary N) is 2. The van der Waals surface area contributed by atoms with Gasteiger partial charge in [-0.05, 0) is 30.7 Å². The summed E-state index contributed by atoms with van der Waals surface area (Å²) in [5.41, 5.74) is 0.871. The van der Waals surface area contributed by atoms with Crippen molar-refractivity contribution in [2.24, 2.45) is 0 Å². The number of rotatable bonds is 3. The fourth-order valence-corrected chi connectivity index (χ4v) is 1.70. The molecule has 6 nitrogen and oxygen atoms in total. The zero-order chi connectivity index (χ0) is 13.3. The highest BCUT2D eigenvalue weighted by atomic mass is 35.5. The number of furan rings is 1. The van der Waals surface area contributed by atoms with Crippen molar-refractivity contribution in [1.29, 1.82) is 0 Å². The molecule has 2 aromatic rings. The van der Waals surface area contributed by atoms with Gasteiger partial charge in [0.1, 0.15) is 5.69 Å². The third-order valence-electron chi connectivity index (χ3n) is 2.28. The maximum Gasteiger partial charge on any atom is 0.354 e. The molecule has 0 atom stereocenters. The average Bonchev–Trinajstić information content (AvgIpc) is 2.84. The second-order valence-corrected chi connectivity index (χ2v) is 3.95. The summed E-state index contributed by atoms with van der Waals surface area (Å²) >= 11 is 5.66. The topological polar surface area (TPSA) is 95.3 Å². The van der Waals surface area contributed by atoms with Crippen LogP contribution in [0.4, 0.5) is 5.69 Å². The van der Waals surface area contributed by atoms with Crippen molar-refractivity contribution in [3.8, 4) is 0 Å². The molecule has 0 spiro atoms. The van der Waals surface area contributed by atoms with Crippen molar-refractivity contribution in [2.75, 3.05) is 5.32 Å². The minimum atomic E-state index is -1.16. The van der Waals surface area contributed by atoms with E-state index in [0.717, 1.165) is 0 Å². The van der Waals surface area contributed by atoms with Crippen LogP contribution in [-0.4, -0.2) is 22.0 Å². The van der Waals surface area contributed by atoms with Gasteiger partial charge in [-0.3, -0.25) is 4.79 Å². The fraction of sp³-hybridized carbons (Fsp3) is 0.0909. The van der Waals surface area contributed by atoms with Gasteiger partial charge in [-0.1, -0.05) is 0 Å². The van der Waals surface area contributed by atoms with Gasteiger partial charge in [0, 0.05) is 5.69 Å². The van der Waals surface area contributed by atoms with E-state index in [9.17, 15) is 9.59 Å². The highest BCUT2D eigenvalue weighted by Crippen LogP contribution is 2.21. The average molecular weight is 269 g/mol. The van der Waals surface area contributed by atoms with Crippen LogP contribution in [0.1, 0.15) is 26.5 Å². The number of aryl methyl sites for hydroxylation is 1. The Morgan fingerprint density at radius 1 is 1.50 bits per heavy atom. The lowest BCUT2D eigenvalue weighted by Crippen LogP contribution is -2.13. The molecule has 3 N–H and O–H groups in total. The summed E-state index contributed by atoms with van der Waals surface area (Å²) in [5.74, 6) is -1.69. The van der Waals surface area contributed by atoms with Crippen LogP contribution in [-0.2, 0) is 0 Å². The Balaban J connectivity index is 2.27. The molecule has 7 heteroatoms. The number of aromatic amines is 1. The molecule has 0 bridgehead atoms. The van der Waals surface area contributed by atoms with Crippen LogP contribution in [0.15, 0.2) is 22.8 Å². The van der Waals surface area contributed by atoms with E-state index in [0.29, 0.717) is 5.69 Å². The number of carbonyl (C=O) groups excluding carboxylic acids is 1. The van der Waals surface area contributed by atoms with Crippen LogP contribution < -0.4 is 5.32 Å². The summed E-state index contributed by atoms with van der Waals surface area (Å²) in [7, 11) is 0. The third kappa shape index (κ3) is 2.23. The molecule has 0 saturated carbocycles. The van der Waals surface area contributed by atoms with E-state index < -0.39 is 11.9 Å². The van der Waals surface area contributed by atoms with Gasteiger partial charge in [-0.25, -0.2) is 4.79 Å². The number of carbonyl (C=O) groups is 2. The van der Waals surface area contributed by atoms with E-state index in [-0.39, 0.29) is 22.2 Å². The van der Waals surface area contributed by atoms with Crippen molar-refractivity contribution in [1.82, 2.24) is 4.98 Å². The van der Waals surface area contributed by atoms with Gasteiger partial charge in [0.15, 0.2) is 0 Å². The summed E-state index contributed by atoms with van der Waals surface area (Å²) in [6.07, 6.45) is 1.28. The summed E-state index contributed by atoms with van der Waals surface area (Å²) in [6.45, 7) is 1.69. The van der Waals surface area contributed by atoms with Crippen LogP contribution >= 0.6 is 11.6 Å². The predicted octanol–water partition coefficient (Wildman–Crippen LogP) is 2.52. The molecule has 0 aliphatic rings. The number of aromatic nitrogens is 1. The molecular weight excluding hydrogens is 260 g/mol. The minimum absolute atomic E-state index is 0.0448. The first kappa shape index (κ1) is 12.3. The van der Waals surface area contributed by atoms with E-state index in [1.807, 2.05) is 0 Å². The van der Waals surface area contributed by atoms with Crippen molar-refractivity contribution < 1.29 is 19.1 Å². The van der Waals surface area contributed by atoms with E-state index in [1.165, 1.54) is 18.4 Å². The van der Waals surface area contributed by atoms with Gasteiger partial charge in [0.25, 0.3) is 5.91 Å². The number of anilines is 1. The maximum atomic E-state index is 11.8. The fourth-order valence-electron chi connectivity index (χ4n) is 1.50. The molecule has 0 radical (unpaired) electrons. The first-order valence-electron chi connectivity index (χ1n) is 4.96. The Hall–Kier alpha value is -2.21. The van der Waals surface area contributed by atoms with Gasteiger partial charge in [0.05, 0.1) is 17.5 Å². The normalized spacial score (nSPS) is 10.3. The van der Waals surface area contributed by atoms with Crippen LogP contribution in [0.25, 0.3) is 0 Å². The predicted molar refractivity (Wildman–Crippen MR) is 64.2 cm³/mol. The molecule has 18 heavy (non-hydrogen) atoms. The van der Waals surface area contributed by atoms with Crippen molar-refractivity contribution in [3.05, 3.63) is 40.6 Å². The summed E-state index contributed by atoms with van der Waals surface area (Å²) in [6, 6.07) is 2.92. The third-order valence-corrected chi connectivity index (χ3v) is 2.57. The van der Waals surface area contributed by atoms with Crippen LogP contribution in [0.5, 0.6) is 0 Å². The maximum absolute atomic E-state index is 11.8. The summed E-state index contributed by atoms with van der Waals surface area (Å²) in [4.78, 5) is 25.4. The van der Waals surface area contributed by atoms with E-state index in [4.69, 9.17) is 21.1 Å². The van der Waals surface area contributed by atoms with Crippen molar-refractivity contribution in [2.45, 2.75) is 6.92 Å². The Morgan fingerprint density at radius 2 is 2.22 bits per heavy atom. The molecule has 2 aromatic heterocycles. The number of halogens is 1. The Bertz CT molecular complexity index is 614. The largest absolute Gasteiger partial charge is 0.477 e.